The molecular weight excluding hydrogens is 347 g/mol. The van der Waals surface area contributed by atoms with Crippen LogP contribution in [-0.4, -0.2) is 73.8 Å². The van der Waals surface area contributed by atoms with Gasteiger partial charge in [-0.3, -0.25) is 9.59 Å². The van der Waals surface area contributed by atoms with Gasteiger partial charge in [-0.05, 0) is 40.3 Å². The molecule has 2 aromatic rings. The number of rotatable bonds is 7. The van der Waals surface area contributed by atoms with E-state index in [0.717, 1.165) is 13.1 Å². The van der Waals surface area contributed by atoms with Crippen molar-refractivity contribution in [2.75, 3.05) is 53.1 Å². The third-order valence-electron chi connectivity index (χ3n) is 4.66. The molecule has 27 heavy (non-hydrogen) atoms. The quantitative estimate of drug-likeness (QED) is 0.687. The normalized spacial score (nSPS) is 13.3. The van der Waals surface area contributed by atoms with E-state index >= 15 is 0 Å². The highest BCUT2D eigenvalue weighted by molar-refractivity contribution is 6.30. The summed E-state index contributed by atoms with van der Waals surface area (Å²) >= 11 is 0. The van der Waals surface area contributed by atoms with Gasteiger partial charge in [-0.25, -0.2) is 4.39 Å². The highest BCUT2D eigenvalue weighted by Crippen LogP contribution is 2.34. The predicted octanol–water partition coefficient (Wildman–Crippen LogP) is 1.94. The molecule has 1 aliphatic rings. The lowest BCUT2D eigenvalue weighted by molar-refractivity contribution is 0.0977. The van der Waals surface area contributed by atoms with Crippen LogP contribution in [0.4, 0.5) is 10.1 Å². The third-order valence-corrected chi connectivity index (χ3v) is 4.66. The van der Waals surface area contributed by atoms with Crippen LogP contribution >= 0.6 is 0 Å². The second-order valence-corrected chi connectivity index (χ2v) is 7.36. The number of fused-ring (bicyclic) bond motifs is 2. The Morgan fingerprint density at radius 2 is 1.52 bits per heavy atom. The average Bonchev–Trinajstić information content (AvgIpc) is 3.03. The summed E-state index contributed by atoms with van der Waals surface area (Å²) in [4.78, 5) is 30.0. The van der Waals surface area contributed by atoms with Crippen molar-refractivity contribution in [2.24, 2.45) is 0 Å². The van der Waals surface area contributed by atoms with Gasteiger partial charge < -0.3 is 19.7 Å². The fraction of sp³-hybridized carbons (Fsp3) is 0.400. The summed E-state index contributed by atoms with van der Waals surface area (Å²) in [5.74, 6) is -1.40. The minimum atomic E-state index is -0.659. The molecular formula is C20H25FN4O2. The maximum absolute atomic E-state index is 14.5. The summed E-state index contributed by atoms with van der Waals surface area (Å²) in [5, 5.41) is 3.17. The van der Waals surface area contributed by atoms with Crippen molar-refractivity contribution in [3.63, 3.8) is 0 Å². The van der Waals surface area contributed by atoms with Crippen molar-refractivity contribution in [2.45, 2.75) is 6.54 Å². The van der Waals surface area contributed by atoms with Crippen molar-refractivity contribution < 1.29 is 14.0 Å². The molecule has 3 rings (SSSR count). The topological polar surface area (TPSA) is 57.6 Å². The van der Waals surface area contributed by atoms with Crippen LogP contribution < -0.4 is 5.32 Å². The first-order valence-electron chi connectivity index (χ1n) is 8.94. The lowest BCUT2D eigenvalue weighted by Gasteiger charge is -2.20. The first-order chi connectivity index (χ1) is 12.8. The number of nitrogens with one attached hydrogen (secondary N) is 1. The summed E-state index contributed by atoms with van der Waals surface area (Å²) < 4.78 is 16.3. The largest absolute Gasteiger partial charge is 0.383 e. The molecule has 0 radical (unpaired) electrons. The van der Waals surface area contributed by atoms with E-state index in [0.29, 0.717) is 24.3 Å². The molecule has 1 heterocycles. The number of aromatic nitrogens is 1. The molecule has 1 aliphatic carbocycles. The van der Waals surface area contributed by atoms with Crippen molar-refractivity contribution >= 4 is 17.3 Å². The molecule has 0 fully saturated rings. The number of likely N-dealkylation sites (N-methyl/N-ethyl adjacent to an activating group) is 2. The van der Waals surface area contributed by atoms with Gasteiger partial charge in [0.25, 0.3) is 0 Å². The maximum atomic E-state index is 14.5. The van der Waals surface area contributed by atoms with E-state index in [4.69, 9.17) is 0 Å². The Labute approximate surface area is 158 Å². The van der Waals surface area contributed by atoms with Crippen molar-refractivity contribution in [3.8, 4) is 0 Å². The number of carbonyl (C=O) groups excluding carboxylic acids is 2. The molecule has 0 saturated carbocycles. The van der Waals surface area contributed by atoms with Crippen molar-refractivity contribution in [1.82, 2.24) is 14.4 Å². The number of nitrogens with zero attached hydrogens (tertiary/aromatic N) is 3. The lowest BCUT2D eigenvalue weighted by Crippen LogP contribution is -2.25. The molecule has 144 valence electrons. The number of anilines is 1. The number of hydrogen-bond acceptors (Lipinski definition) is 5. The molecule has 0 saturated heterocycles. The molecule has 0 amide bonds. The van der Waals surface area contributed by atoms with Gasteiger partial charge in [-0.1, -0.05) is 0 Å². The van der Waals surface area contributed by atoms with E-state index in [2.05, 4.69) is 5.32 Å². The average molecular weight is 372 g/mol. The minimum absolute atomic E-state index is 0.132. The summed E-state index contributed by atoms with van der Waals surface area (Å²) in [6.07, 6.45) is 3.34. The fourth-order valence-electron chi connectivity index (χ4n) is 3.18. The van der Waals surface area contributed by atoms with Crippen molar-refractivity contribution in [1.29, 1.82) is 0 Å². The Bertz CT molecular complexity index is 886. The van der Waals surface area contributed by atoms with Crippen LogP contribution in [0.25, 0.3) is 0 Å². The van der Waals surface area contributed by atoms with Crippen LogP contribution in [0.1, 0.15) is 31.8 Å². The summed E-state index contributed by atoms with van der Waals surface area (Å²) in [6, 6.07) is 2.78. The Kier molecular flexibility index (Phi) is 5.43. The standard InChI is InChI=1S/C20H25FN4O2/c1-23(2)8-7-22-16-6-5-15(21)17-18(16)20(27)14-12-25(10-9-24(3)4)11-13(14)19(17)26/h5-6,11-12,22H,7-10H2,1-4H3. The zero-order valence-corrected chi connectivity index (χ0v) is 16.2. The molecule has 6 nitrogen and oxygen atoms in total. The highest BCUT2D eigenvalue weighted by Gasteiger charge is 2.35. The predicted molar refractivity (Wildman–Crippen MR) is 103 cm³/mol. The van der Waals surface area contributed by atoms with Crippen LogP contribution in [0, 0.1) is 5.82 Å². The van der Waals surface area contributed by atoms with E-state index in [-0.39, 0.29) is 22.5 Å². The van der Waals surface area contributed by atoms with Gasteiger partial charge in [-0.2, -0.15) is 0 Å². The SMILES string of the molecule is CN(C)CCNc1ccc(F)c2c1C(=O)c1cn(CCN(C)C)cc1C2=O. The van der Waals surface area contributed by atoms with Crippen molar-refractivity contribution in [3.05, 3.63) is 52.6 Å². The number of halogens is 1. The maximum Gasteiger partial charge on any atom is 0.199 e. The molecule has 7 heteroatoms. The smallest absolute Gasteiger partial charge is 0.199 e. The van der Waals surface area contributed by atoms with Gasteiger partial charge in [0.05, 0.1) is 22.3 Å². The third kappa shape index (κ3) is 3.79. The fourth-order valence-corrected chi connectivity index (χ4v) is 3.18. The molecule has 0 bridgehead atoms. The molecule has 1 aromatic carbocycles. The number of carbonyl (C=O) groups is 2. The summed E-state index contributed by atoms with van der Waals surface area (Å²) in [6.45, 7) is 2.76. The van der Waals surface area contributed by atoms with Gasteiger partial charge in [0.2, 0.25) is 0 Å². The zero-order chi connectivity index (χ0) is 19.7. The van der Waals surface area contributed by atoms with E-state index in [9.17, 15) is 14.0 Å². The van der Waals surface area contributed by atoms with E-state index in [1.54, 1.807) is 12.4 Å². The van der Waals surface area contributed by atoms with Gasteiger partial charge in [0.15, 0.2) is 11.6 Å². The molecule has 1 N–H and O–H groups in total. The lowest BCUT2D eigenvalue weighted by atomic mass is 9.85. The molecule has 0 spiro atoms. The number of hydrogen-bond donors (Lipinski definition) is 1. The minimum Gasteiger partial charge on any atom is -0.383 e. The Balaban J connectivity index is 1.98. The van der Waals surface area contributed by atoms with E-state index in [1.165, 1.54) is 12.1 Å². The second kappa shape index (κ2) is 7.62. The number of ketones is 2. The summed E-state index contributed by atoms with van der Waals surface area (Å²) in [5.41, 5.74) is 1.12. The van der Waals surface area contributed by atoms with Crippen LogP contribution in [0.2, 0.25) is 0 Å². The van der Waals surface area contributed by atoms with Gasteiger partial charge in [-0.15, -0.1) is 0 Å². The van der Waals surface area contributed by atoms with E-state index < -0.39 is 11.6 Å². The van der Waals surface area contributed by atoms with Crippen LogP contribution in [0.3, 0.4) is 0 Å². The van der Waals surface area contributed by atoms with Crippen LogP contribution in [0.15, 0.2) is 24.5 Å². The molecule has 0 unspecified atom stereocenters. The second-order valence-electron chi connectivity index (χ2n) is 7.36. The van der Waals surface area contributed by atoms with Gasteiger partial charge in [0, 0.05) is 44.3 Å². The van der Waals surface area contributed by atoms with Gasteiger partial charge in [0.1, 0.15) is 5.82 Å². The summed E-state index contributed by atoms with van der Waals surface area (Å²) in [7, 11) is 7.80. The van der Waals surface area contributed by atoms with E-state index in [1.807, 2.05) is 42.6 Å². The Morgan fingerprint density at radius 3 is 2.11 bits per heavy atom. The first-order valence-corrected chi connectivity index (χ1v) is 8.94. The van der Waals surface area contributed by atoms with Crippen LogP contribution in [0.5, 0.6) is 0 Å². The first kappa shape index (κ1) is 19.3. The molecule has 0 aliphatic heterocycles. The van der Waals surface area contributed by atoms with Crippen LogP contribution in [-0.2, 0) is 6.54 Å². The molecule has 1 aromatic heterocycles. The number of benzene rings is 1. The molecule has 0 atom stereocenters. The Morgan fingerprint density at radius 1 is 0.926 bits per heavy atom. The monoisotopic (exact) mass is 372 g/mol. The van der Waals surface area contributed by atoms with Gasteiger partial charge >= 0.3 is 0 Å². The highest BCUT2D eigenvalue weighted by atomic mass is 19.1. The zero-order valence-electron chi connectivity index (χ0n) is 16.2. The Hall–Kier alpha value is -2.51.